The van der Waals surface area contributed by atoms with Crippen LogP contribution in [0, 0.1) is 5.92 Å². The summed E-state index contributed by atoms with van der Waals surface area (Å²) in [6.07, 6.45) is 1.88. The Morgan fingerprint density at radius 1 is 1.40 bits per heavy atom. The van der Waals surface area contributed by atoms with E-state index in [0.717, 1.165) is 12.8 Å². The molecule has 1 N–H and O–H groups in total. The molecule has 1 unspecified atom stereocenters. The maximum atomic E-state index is 12.6. The molecule has 20 heavy (non-hydrogen) atoms. The molecule has 0 radical (unpaired) electrons. The number of benzene rings is 1. The fraction of sp³-hybridized carbons (Fsp3) is 0.538. The van der Waals surface area contributed by atoms with Crippen LogP contribution in [0.4, 0.5) is 0 Å². The van der Waals surface area contributed by atoms with Crippen molar-refractivity contribution in [2.45, 2.75) is 31.3 Å². The van der Waals surface area contributed by atoms with Gasteiger partial charge in [-0.3, -0.25) is 0 Å². The fourth-order valence-corrected chi connectivity index (χ4v) is 4.89. The lowest BCUT2D eigenvalue weighted by Crippen LogP contribution is -2.39. The van der Waals surface area contributed by atoms with E-state index in [-0.39, 0.29) is 20.5 Å². The molecule has 7 heteroatoms. The molecule has 0 amide bonds. The van der Waals surface area contributed by atoms with E-state index in [2.05, 4.69) is 0 Å². The summed E-state index contributed by atoms with van der Waals surface area (Å²) >= 11 is 12.0. The summed E-state index contributed by atoms with van der Waals surface area (Å²) in [6, 6.07) is 2.86. The molecule has 1 aromatic carbocycles. The van der Waals surface area contributed by atoms with Crippen molar-refractivity contribution in [2.24, 2.45) is 5.92 Å². The average molecular weight is 338 g/mol. The number of aliphatic hydroxyl groups excluding tert-OH is 1. The molecule has 1 aromatic rings. The normalized spacial score (nSPS) is 21.1. The van der Waals surface area contributed by atoms with Gasteiger partial charge in [-0.05, 0) is 30.9 Å². The molecule has 0 bridgehead atoms. The molecule has 0 spiro atoms. The van der Waals surface area contributed by atoms with Crippen molar-refractivity contribution in [3.63, 3.8) is 0 Å². The highest BCUT2D eigenvalue weighted by Gasteiger charge is 2.31. The molecule has 0 aromatic heterocycles. The number of nitrogens with zero attached hydrogens (tertiary/aromatic N) is 1. The van der Waals surface area contributed by atoms with Crippen molar-refractivity contribution in [1.82, 2.24) is 4.31 Å². The smallest absolute Gasteiger partial charge is 0.244 e. The molecule has 1 aliphatic heterocycles. The largest absolute Gasteiger partial charge is 0.392 e. The van der Waals surface area contributed by atoms with E-state index >= 15 is 0 Å². The molecule has 2 rings (SSSR count). The van der Waals surface area contributed by atoms with Crippen LogP contribution >= 0.6 is 23.2 Å². The van der Waals surface area contributed by atoms with Crippen LogP contribution in [0.25, 0.3) is 0 Å². The van der Waals surface area contributed by atoms with Gasteiger partial charge in [-0.25, -0.2) is 8.42 Å². The number of rotatable bonds is 3. The van der Waals surface area contributed by atoms with Crippen LogP contribution in [0.1, 0.15) is 25.3 Å². The summed E-state index contributed by atoms with van der Waals surface area (Å²) in [5.41, 5.74) is 0.250. The van der Waals surface area contributed by atoms with Crippen LogP contribution in [0.15, 0.2) is 17.0 Å². The third-order valence-corrected chi connectivity index (χ3v) is 6.35. The predicted molar refractivity (Wildman–Crippen MR) is 79.5 cm³/mol. The third-order valence-electron chi connectivity index (χ3n) is 3.55. The first-order chi connectivity index (χ1) is 9.37. The van der Waals surface area contributed by atoms with E-state index in [1.165, 1.54) is 16.4 Å². The van der Waals surface area contributed by atoms with Gasteiger partial charge < -0.3 is 5.11 Å². The Morgan fingerprint density at radius 2 is 2.10 bits per heavy atom. The zero-order valence-electron chi connectivity index (χ0n) is 11.1. The van der Waals surface area contributed by atoms with Crippen molar-refractivity contribution in [3.8, 4) is 0 Å². The molecular formula is C13H17Cl2NO3S. The van der Waals surface area contributed by atoms with Crippen LogP contribution in [-0.2, 0) is 16.6 Å². The van der Waals surface area contributed by atoms with Crippen molar-refractivity contribution in [3.05, 3.63) is 27.7 Å². The van der Waals surface area contributed by atoms with Gasteiger partial charge in [0, 0.05) is 23.7 Å². The summed E-state index contributed by atoms with van der Waals surface area (Å²) in [6.45, 7) is 2.64. The molecular weight excluding hydrogens is 321 g/mol. The van der Waals surface area contributed by atoms with E-state index in [4.69, 9.17) is 23.2 Å². The van der Waals surface area contributed by atoms with Gasteiger partial charge in [0.1, 0.15) is 4.90 Å². The summed E-state index contributed by atoms with van der Waals surface area (Å²) in [5.74, 6) is 0.335. The van der Waals surface area contributed by atoms with Crippen molar-refractivity contribution in [2.75, 3.05) is 13.1 Å². The molecule has 1 heterocycles. The van der Waals surface area contributed by atoms with Crippen LogP contribution in [0.2, 0.25) is 10.0 Å². The van der Waals surface area contributed by atoms with E-state index in [9.17, 15) is 13.5 Å². The second-order valence-electron chi connectivity index (χ2n) is 5.11. The minimum Gasteiger partial charge on any atom is -0.392 e. The summed E-state index contributed by atoms with van der Waals surface area (Å²) in [4.78, 5) is 0.0155. The Morgan fingerprint density at radius 3 is 2.70 bits per heavy atom. The van der Waals surface area contributed by atoms with Gasteiger partial charge in [0.15, 0.2) is 0 Å². The van der Waals surface area contributed by atoms with Crippen LogP contribution < -0.4 is 0 Å². The highest BCUT2D eigenvalue weighted by molar-refractivity contribution is 7.89. The van der Waals surface area contributed by atoms with Crippen LogP contribution in [0.5, 0.6) is 0 Å². The Labute approximate surface area is 129 Å². The minimum absolute atomic E-state index is 0.0122. The number of piperidine rings is 1. The molecule has 1 atom stereocenters. The highest BCUT2D eigenvalue weighted by atomic mass is 35.5. The van der Waals surface area contributed by atoms with Gasteiger partial charge in [0.05, 0.1) is 11.6 Å². The predicted octanol–water partition coefficient (Wildman–Crippen LogP) is 2.91. The van der Waals surface area contributed by atoms with Crippen LogP contribution in [0.3, 0.4) is 0 Å². The van der Waals surface area contributed by atoms with E-state index < -0.39 is 16.6 Å². The fourth-order valence-electron chi connectivity index (χ4n) is 2.42. The van der Waals surface area contributed by atoms with E-state index in [1.54, 1.807) is 0 Å². The number of hydrogen-bond donors (Lipinski definition) is 1. The van der Waals surface area contributed by atoms with Gasteiger partial charge >= 0.3 is 0 Å². The zero-order chi connectivity index (χ0) is 14.9. The molecule has 0 aliphatic carbocycles. The summed E-state index contributed by atoms with van der Waals surface area (Å²) < 4.78 is 26.8. The third kappa shape index (κ3) is 2.97. The SMILES string of the molecule is CC1CCCN(S(=O)(=O)c2ccc(Cl)c(CO)c2Cl)C1. The quantitative estimate of drug-likeness (QED) is 0.922. The van der Waals surface area contributed by atoms with Gasteiger partial charge in [0.2, 0.25) is 10.0 Å². The average Bonchev–Trinajstić information content (AvgIpc) is 2.39. The number of hydrogen-bond acceptors (Lipinski definition) is 3. The number of sulfonamides is 1. The molecule has 112 valence electrons. The van der Waals surface area contributed by atoms with Crippen LogP contribution in [-0.4, -0.2) is 30.9 Å². The standard InChI is InChI=1S/C13H17Cl2NO3S/c1-9-3-2-6-16(7-9)20(18,19)12-5-4-11(14)10(8-17)13(12)15/h4-5,9,17H,2-3,6-8H2,1H3. The second kappa shape index (κ2) is 6.20. The Kier molecular flexibility index (Phi) is 4.97. The lowest BCUT2D eigenvalue weighted by molar-refractivity contribution is 0.279. The van der Waals surface area contributed by atoms with Gasteiger partial charge in [-0.2, -0.15) is 4.31 Å². The lowest BCUT2D eigenvalue weighted by Gasteiger charge is -2.30. The van der Waals surface area contributed by atoms with Gasteiger partial charge in [-0.1, -0.05) is 30.1 Å². The Balaban J connectivity index is 2.44. The van der Waals surface area contributed by atoms with Gasteiger partial charge in [0.25, 0.3) is 0 Å². The first-order valence-electron chi connectivity index (χ1n) is 6.45. The van der Waals surface area contributed by atoms with Crippen molar-refractivity contribution in [1.29, 1.82) is 0 Å². The maximum Gasteiger partial charge on any atom is 0.244 e. The van der Waals surface area contributed by atoms with Gasteiger partial charge in [-0.15, -0.1) is 0 Å². The Hall–Kier alpha value is -0.330. The molecule has 1 saturated heterocycles. The number of aliphatic hydroxyl groups is 1. The highest BCUT2D eigenvalue weighted by Crippen LogP contribution is 2.34. The maximum absolute atomic E-state index is 12.6. The monoisotopic (exact) mass is 337 g/mol. The second-order valence-corrected chi connectivity index (χ2v) is 7.80. The zero-order valence-corrected chi connectivity index (χ0v) is 13.5. The summed E-state index contributed by atoms with van der Waals surface area (Å²) in [7, 11) is -3.64. The molecule has 4 nitrogen and oxygen atoms in total. The van der Waals surface area contributed by atoms with Crippen molar-refractivity contribution >= 4 is 33.2 Å². The molecule has 1 aliphatic rings. The number of halogens is 2. The van der Waals surface area contributed by atoms with E-state index in [0.29, 0.717) is 19.0 Å². The van der Waals surface area contributed by atoms with Crippen molar-refractivity contribution < 1.29 is 13.5 Å². The molecule has 0 saturated carbocycles. The first-order valence-corrected chi connectivity index (χ1v) is 8.65. The first kappa shape index (κ1) is 16.0. The topological polar surface area (TPSA) is 57.6 Å². The minimum atomic E-state index is -3.64. The Bertz CT molecular complexity index is 604. The summed E-state index contributed by atoms with van der Waals surface area (Å²) in [5, 5.41) is 9.54. The lowest BCUT2D eigenvalue weighted by atomic mass is 10.0. The molecule has 1 fully saturated rings. The van der Waals surface area contributed by atoms with E-state index in [1.807, 2.05) is 6.92 Å².